The van der Waals surface area contributed by atoms with Gasteiger partial charge in [-0.2, -0.15) is 0 Å². The second-order valence-electron chi connectivity index (χ2n) is 8.15. The molecule has 7 nitrogen and oxygen atoms in total. The number of aromatic nitrogens is 2. The molecule has 172 valence electrons. The Labute approximate surface area is 197 Å². The smallest absolute Gasteiger partial charge is 0.278 e. The molecule has 4 aromatic rings. The fraction of sp³-hybridized carbons (Fsp3) is 0.185. The fourth-order valence-corrected chi connectivity index (χ4v) is 3.85. The normalized spacial score (nSPS) is 10.8. The number of rotatable bonds is 6. The first-order valence-corrected chi connectivity index (χ1v) is 11.1. The molecule has 0 atom stereocenters. The number of aryl methyl sites for hydroxylation is 2. The minimum Gasteiger partial charge on any atom is -0.325 e. The van der Waals surface area contributed by atoms with Gasteiger partial charge in [-0.3, -0.25) is 19.0 Å². The monoisotopic (exact) mass is 454 g/mol. The van der Waals surface area contributed by atoms with Crippen LogP contribution < -0.4 is 16.2 Å². The lowest BCUT2D eigenvalue weighted by molar-refractivity contribution is -0.117. The first-order valence-electron chi connectivity index (χ1n) is 11.1. The molecule has 0 aliphatic carbocycles. The van der Waals surface area contributed by atoms with Crippen molar-refractivity contribution in [2.75, 3.05) is 10.6 Å². The maximum atomic E-state index is 13.6. The van der Waals surface area contributed by atoms with Crippen molar-refractivity contribution in [3.63, 3.8) is 0 Å². The summed E-state index contributed by atoms with van der Waals surface area (Å²) in [7, 11) is 0. The molecule has 2 amide bonds. The van der Waals surface area contributed by atoms with Crippen molar-refractivity contribution in [1.82, 2.24) is 9.55 Å². The number of para-hydroxylation sites is 3. The number of carbonyl (C=O) groups excluding carboxylic acids is 2. The van der Waals surface area contributed by atoms with Gasteiger partial charge >= 0.3 is 0 Å². The van der Waals surface area contributed by atoms with Crippen molar-refractivity contribution in [2.45, 2.75) is 33.7 Å². The van der Waals surface area contributed by atoms with Crippen molar-refractivity contribution < 1.29 is 9.59 Å². The summed E-state index contributed by atoms with van der Waals surface area (Å²) in [6, 6.07) is 20.0. The molecule has 0 aliphatic heterocycles. The van der Waals surface area contributed by atoms with E-state index < -0.39 is 5.56 Å². The molecule has 0 saturated heterocycles. The summed E-state index contributed by atoms with van der Waals surface area (Å²) in [4.78, 5) is 43.2. The molecule has 4 rings (SSSR count). The van der Waals surface area contributed by atoms with Crippen LogP contribution in [0.5, 0.6) is 0 Å². The zero-order valence-electron chi connectivity index (χ0n) is 19.4. The number of nitrogens with zero attached hydrogens (tertiary/aromatic N) is 2. The second-order valence-corrected chi connectivity index (χ2v) is 8.15. The molecule has 0 spiro atoms. The summed E-state index contributed by atoms with van der Waals surface area (Å²) < 4.78 is 1.43. The third kappa shape index (κ3) is 4.73. The SMILES string of the molecule is CCC(=O)Nc1ccccc1-c1nc2ccccc2n(CC(=O)Nc2ccc(C)cc2C)c1=O. The van der Waals surface area contributed by atoms with Crippen molar-refractivity contribution in [1.29, 1.82) is 0 Å². The van der Waals surface area contributed by atoms with E-state index in [4.69, 9.17) is 0 Å². The number of nitrogens with one attached hydrogen (secondary N) is 2. The van der Waals surface area contributed by atoms with Crippen molar-refractivity contribution in [3.8, 4) is 11.3 Å². The Morgan fingerprint density at radius 2 is 1.59 bits per heavy atom. The van der Waals surface area contributed by atoms with Crippen LogP contribution in [0.15, 0.2) is 71.5 Å². The van der Waals surface area contributed by atoms with Gasteiger partial charge in [0.2, 0.25) is 11.8 Å². The number of hydrogen-bond acceptors (Lipinski definition) is 4. The van der Waals surface area contributed by atoms with Gasteiger partial charge in [-0.25, -0.2) is 4.98 Å². The van der Waals surface area contributed by atoms with Crippen LogP contribution in [0.3, 0.4) is 0 Å². The summed E-state index contributed by atoms with van der Waals surface area (Å²) in [5.74, 6) is -0.481. The molecule has 2 N–H and O–H groups in total. The average Bonchev–Trinajstić information content (AvgIpc) is 2.83. The van der Waals surface area contributed by atoms with Gasteiger partial charge in [-0.1, -0.05) is 55.0 Å². The summed E-state index contributed by atoms with van der Waals surface area (Å²) in [5.41, 5.74) is 4.65. The van der Waals surface area contributed by atoms with Gasteiger partial charge in [0.05, 0.1) is 16.7 Å². The van der Waals surface area contributed by atoms with Crippen LogP contribution in [0.2, 0.25) is 0 Å². The topological polar surface area (TPSA) is 93.1 Å². The predicted octanol–water partition coefficient (Wildman–Crippen LogP) is 4.67. The molecule has 0 unspecified atom stereocenters. The molecule has 0 saturated carbocycles. The molecule has 0 fully saturated rings. The van der Waals surface area contributed by atoms with Gasteiger partial charge in [0.1, 0.15) is 12.2 Å². The van der Waals surface area contributed by atoms with E-state index in [1.165, 1.54) is 4.57 Å². The van der Waals surface area contributed by atoms with Crippen LogP contribution in [0.1, 0.15) is 24.5 Å². The van der Waals surface area contributed by atoms with Gasteiger partial charge in [0.25, 0.3) is 5.56 Å². The maximum absolute atomic E-state index is 13.6. The van der Waals surface area contributed by atoms with E-state index in [9.17, 15) is 14.4 Å². The van der Waals surface area contributed by atoms with Crippen molar-refractivity contribution in [3.05, 3.63) is 88.2 Å². The van der Waals surface area contributed by atoms with E-state index in [1.807, 2.05) is 38.1 Å². The molecule has 0 bridgehead atoms. The summed E-state index contributed by atoms with van der Waals surface area (Å²) >= 11 is 0. The van der Waals surface area contributed by atoms with Gasteiger partial charge in [0, 0.05) is 17.7 Å². The van der Waals surface area contributed by atoms with Crippen LogP contribution in [-0.4, -0.2) is 21.4 Å². The molecular formula is C27H26N4O3. The van der Waals surface area contributed by atoms with E-state index in [-0.39, 0.29) is 24.1 Å². The Morgan fingerprint density at radius 3 is 2.35 bits per heavy atom. The molecule has 0 aliphatic rings. The highest BCUT2D eigenvalue weighted by Crippen LogP contribution is 2.26. The van der Waals surface area contributed by atoms with Crippen LogP contribution >= 0.6 is 0 Å². The Morgan fingerprint density at radius 1 is 0.882 bits per heavy atom. The molecule has 0 radical (unpaired) electrons. The standard InChI is InChI=1S/C27H26N4O3/c1-4-24(32)29-21-10-6-5-9-19(21)26-27(34)31(23-12-8-7-11-22(23)30-26)16-25(33)28-20-14-13-17(2)15-18(20)3/h5-15H,4,16H2,1-3H3,(H,28,33)(H,29,32). The van der Waals surface area contributed by atoms with E-state index in [2.05, 4.69) is 15.6 Å². The predicted molar refractivity (Wildman–Crippen MR) is 135 cm³/mol. The van der Waals surface area contributed by atoms with Crippen LogP contribution in [0, 0.1) is 13.8 Å². The number of hydrogen-bond donors (Lipinski definition) is 2. The first kappa shape index (κ1) is 22.9. The highest BCUT2D eigenvalue weighted by molar-refractivity contribution is 5.96. The largest absolute Gasteiger partial charge is 0.325 e. The summed E-state index contributed by atoms with van der Waals surface area (Å²) in [5, 5.41) is 5.74. The third-order valence-corrected chi connectivity index (χ3v) is 5.59. The number of fused-ring (bicyclic) bond motifs is 1. The first-order chi connectivity index (χ1) is 16.4. The number of anilines is 2. The zero-order valence-corrected chi connectivity index (χ0v) is 19.4. The van der Waals surface area contributed by atoms with Gasteiger partial charge in [-0.05, 0) is 43.7 Å². The lowest BCUT2D eigenvalue weighted by atomic mass is 10.1. The van der Waals surface area contributed by atoms with Crippen LogP contribution in [0.4, 0.5) is 11.4 Å². The van der Waals surface area contributed by atoms with E-state index >= 15 is 0 Å². The number of benzene rings is 3. The number of carbonyl (C=O) groups is 2. The second kappa shape index (κ2) is 9.70. The van der Waals surface area contributed by atoms with E-state index in [0.29, 0.717) is 34.4 Å². The van der Waals surface area contributed by atoms with E-state index in [0.717, 1.165) is 11.1 Å². The minimum atomic E-state index is -0.410. The molecular weight excluding hydrogens is 428 g/mol. The van der Waals surface area contributed by atoms with Gasteiger partial charge in [0.15, 0.2) is 0 Å². The van der Waals surface area contributed by atoms with Crippen molar-refractivity contribution in [2.24, 2.45) is 0 Å². The fourth-order valence-electron chi connectivity index (χ4n) is 3.85. The van der Waals surface area contributed by atoms with Gasteiger partial charge < -0.3 is 10.6 Å². The Balaban J connectivity index is 1.78. The average molecular weight is 455 g/mol. The van der Waals surface area contributed by atoms with Crippen LogP contribution in [-0.2, 0) is 16.1 Å². The third-order valence-electron chi connectivity index (χ3n) is 5.59. The quantitative estimate of drug-likeness (QED) is 0.443. The van der Waals surface area contributed by atoms with E-state index in [1.54, 1.807) is 49.4 Å². The lowest BCUT2D eigenvalue weighted by Crippen LogP contribution is -2.30. The maximum Gasteiger partial charge on any atom is 0.278 e. The molecule has 7 heteroatoms. The summed E-state index contributed by atoms with van der Waals surface area (Å²) in [6.07, 6.45) is 0.308. The van der Waals surface area contributed by atoms with Crippen molar-refractivity contribution >= 4 is 34.2 Å². The zero-order chi connectivity index (χ0) is 24.2. The molecule has 34 heavy (non-hydrogen) atoms. The molecule has 1 aromatic heterocycles. The Hall–Kier alpha value is -4.26. The molecule has 1 heterocycles. The summed E-state index contributed by atoms with van der Waals surface area (Å²) in [6.45, 7) is 5.50. The minimum absolute atomic E-state index is 0.165. The highest BCUT2D eigenvalue weighted by atomic mass is 16.2. The molecule has 3 aromatic carbocycles. The Kier molecular flexibility index (Phi) is 6.54. The lowest BCUT2D eigenvalue weighted by Gasteiger charge is -2.15. The van der Waals surface area contributed by atoms with Gasteiger partial charge in [-0.15, -0.1) is 0 Å². The number of amides is 2. The van der Waals surface area contributed by atoms with Crippen LogP contribution in [0.25, 0.3) is 22.3 Å². The highest BCUT2D eigenvalue weighted by Gasteiger charge is 2.18. The Bertz CT molecular complexity index is 1460.